The minimum Gasteiger partial charge on any atom is -0.335 e. The van der Waals surface area contributed by atoms with E-state index in [4.69, 9.17) is 4.52 Å². The minimum atomic E-state index is -3.70. The molecule has 6 nitrogen and oxygen atoms in total. The van der Waals surface area contributed by atoms with Crippen LogP contribution in [0.25, 0.3) is 22.4 Å². The van der Waals surface area contributed by atoms with Crippen LogP contribution in [0.1, 0.15) is 5.56 Å². The molecule has 0 atom stereocenters. The van der Waals surface area contributed by atoms with Crippen molar-refractivity contribution in [2.24, 2.45) is 0 Å². The van der Waals surface area contributed by atoms with Crippen molar-refractivity contribution in [1.82, 2.24) is 14.4 Å². The third kappa shape index (κ3) is 3.34. The number of fused-ring (bicyclic) bond motifs is 1. The summed E-state index contributed by atoms with van der Waals surface area (Å²) in [5, 5.41) is 4.62. The van der Waals surface area contributed by atoms with Gasteiger partial charge in [0.2, 0.25) is 10.0 Å². The van der Waals surface area contributed by atoms with Crippen LogP contribution in [0.2, 0.25) is 0 Å². The molecule has 2 aromatic heterocycles. The van der Waals surface area contributed by atoms with Crippen molar-refractivity contribution in [3.8, 4) is 11.3 Å². The van der Waals surface area contributed by atoms with Gasteiger partial charge in [-0.2, -0.15) is 4.31 Å². The summed E-state index contributed by atoms with van der Waals surface area (Å²) in [7, 11) is -2.15. The first-order valence-corrected chi connectivity index (χ1v) is 9.81. The van der Waals surface area contributed by atoms with Gasteiger partial charge in [0.1, 0.15) is 10.6 Å². The van der Waals surface area contributed by atoms with Gasteiger partial charge >= 0.3 is 0 Å². The van der Waals surface area contributed by atoms with Crippen LogP contribution in [0.4, 0.5) is 0 Å². The number of aromatic nitrogens is 2. The van der Waals surface area contributed by atoms with Gasteiger partial charge < -0.3 is 4.52 Å². The highest BCUT2D eigenvalue weighted by molar-refractivity contribution is 7.89. The minimum absolute atomic E-state index is 0.105. The third-order valence-electron chi connectivity index (χ3n) is 4.31. The van der Waals surface area contributed by atoms with Crippen LogP contribution in [0.5, 0.6) is 0 Å². The lowest BCUT2D eigenvalue weighted by Crippen LogP contribution is -2.26. The summed E-state index contributed by atoms with van der Waals surface area (Å²) in [6.07, 6.45) is 1.30. The van der Waals surface area contributed by atoms with E-state index in [1.54, 1.807) is 13.1 Å². The Bertz CT molecular complexity index is 1170. The highest BCUT2D eigenvalue weighted by atomic mass is 32.2. The normalized spacial score (nSPS) is 11.9. The summed E-state index contributed by atoms with van der Waals surface area (Å²) in [5.41, 5.74) is 2.62. The van der Waals surface area contributed by atoms with E-state index in [9.17, 15) is 8.42 Å². The second-order valence-electron chi connectivity index (χ2n) is 6.17. The number of hydrogen-bond donors (Lipinski definition) is 0. The molecule has 2 heterocycles. The number of hydrogen-bond acceptors (Lipinski definition) is 5. The van der Waals surface area contributed by atoms with Gasteiger partial charge in [-0.1, -0.05) is 65.8 Å². The van der Waals surface area contributed by atoms with Gasteiger partial charge in [0.15, 0.2) is 0 Å². The summed E-state index contributed by atoms with van der Waals surface area (Å²) >= 11 is 0. The zero-order valence-corrected chi connectivity index (χ0v) is 15.4. The molecule has 0 amide bonds. The molecular formula is C20H17N3O3S. The molecule has 0 fully saturated rings. The van der Waals surface area contributed by atoms with Gasteiger partial charge in [-0.05, 0) is 11.6 Å². The number of rotatable bonds is 5. The van der Waals surface area contributed by atoms with Crippen molar-refractivity contribution >= 4 is 21.1 Å². The van der Waals surface area contributed by atoms with Crippen molar-refractivity contribution in [2.75, 3.05) is 7.05 Å². The lowest BCUT2D eigenvalue weighted by atomic mass is 10.1. The van der Waals surface area contributed by atoms with Gasteiger partial charge in [-0.3, -0.25) is 0 Å². The first-order valence-electron chi connectivity index (χ1n) is 8.37. The second kappa shape index (κ2) is 6.94. The molecule has 0 aliphatic heterocycles. The monoisotopic (exact) mass is 379 g/mol. The Hall–Kier alpha value is -3.03. The Labute approximate surface area is 157 Å². The Kier molecular flexibility index (Phi) is 4.47. The molecule has 7 heteroatoms. The molecule has 0 radical (unpaired) electrons. The standard InChI is InChI=1S/C20H17N3O3S/c1-23(14-15-8-4-2-5-9-15)27(24,25)17-12-18-19(16-10-6-3-7-11-16)22-26-20(18)21-13-17/h2-13H,14H2,1H3. The van der Waals surface area contributed by atoms with E-state index in [1.807, 2.05) is 60.7 Å². The van der Waals surface area contributed by atoms with E-state index in [1.165, 1.54) is 10.5 Å². The molecule has 136 valence electrons. The fourth-order valence-corrected chi connectivity index (χ4v) is 4.00. The number of nitrogens with zero attached hydrogens (tertiary/aromatic N) is 3. The molecule has 0 aliphatic rings. The lowest BCUT2D eigenvalue weighted by Gasteiger charge is -2.17. The fourth-order valence-electron chi connectivity index (χ4n) is 2.86. The number of benzene rings is 2. The second-order valence-corrected chi connectivity index (χ2v) is 8.21. The smallest absolute Gasteiger partial charge is 0.258 e. The highest BCUT2D eigenvalue weighted by Gasteiger charge is 2.23. The van der Waals surface area contributed by atoms with Gasteiger partial charge in [0.25, 0.3) is 5.71 Å². The maximum Gasteiger partial charge on any atom is 0.258 e. The molecule has 0 aliphatic carbocycles. The Morgan fingerprint density at radius 1 is 1.00 bits per heavy atom. The summed E-state index contributed by atoms with van der Waals surface area (Å²) in [6, 6.07) is 20.5. The molecular weight excluding hydrogens is 362 g/mol. The number of sulfonamides is 1. The average Bonchev–Trinajstić information content (AvgIpc) is 3.12. The van der Waals surface area contributed by atoms with Crippen molar-refractivity contribution in [3.05, 3.63) is 78.5 Å². The van der Waals surface area contributed by atoms with Crippen LogP contribution in [0.3, 0.4) is 0 Å². The quantitative estimate of drug-likeness (QED) is 0.528. The van der Waals surface area contributed by atoms with Crippen LogP contribution in [-0.2, 0) is 16.6 Å². The topological polar surface area (TPSA) is 76.3 Å². The molecule has 0 N–H and O–H groups in total. The van der Waals surface area contributed by atoms with Crippen LogP contribution < -0.4 is 0 Å². The third-order valence-corrected chi connectivity index (χ3v) is 6.08. The molecule has 0 bridgehead atoms. The van der Waals surface area contributed by atoms with E-state index in [-0.39, 0.29) is 11.4 Å². The maximum atomic E-state index is 13.0. The van der Waals surface area contributed by atoms with Gasteiger partial charge in [-0.15, -0.1) is 0 Å². The Morgan fingerprint density at radius 3 is 2.37 bits per heavy atom. The zero-order valence-electron chi connectivity index (χ0n) is 14.6. The predicted octanol–water partition coefficient (Wildman–Crippen LogP) is 3.71. The molecule has 0 spiro atoms. The molecule has 4 rings (SSSR count). The van der Waals surface area contributed by atoms with Crippen LogP contribution in [0, 0.1) is 0 Å². The van der Waals surface area contributed by atoms with Crippen LogP contribution >= 0.6 is 0 Å². The largest absolute Gasteiger partial charge is 0.335 e. The fraction of sp³-hybridized carbons (Fsp3) is 0.100. The SMILES string of the molecule is CN(Cc1ccccc1)S(=O)(=O)c1cnc2onc(-c3ccccc3)c2c1. The van der Waals surface area contributed by atoms with E-state index < -0.39 is 10.0 Å². The molecule has 0 saturated heterocycles. The van der Waals surface area contributed by atoms with E-state index in [0.717, 1.165) is 11.1 Å². The molecule has 0 saturated carbocycles. The van der Waals surface area contributed by atoms with E-state index in [2.05, 4.69) is 10.1 Å². The molecule has 27 heavy (non-hydrogen) atoms. The lowest BCUT2D eigenvalue weighted by molar-refractivity contribution is 0.451. The van der Waals surface area contributed by atoms with Gasteiger partial charge in [0.05, 0.1) is 11.6 Å². The van der Waals surface area contributed by atoms with Crippen molar-refractivity contribution < 1.29 is 12.9 Å². The predicted molar refractivity (Wildman–Crippen MR) is 102 cm³/mol. The Morgan fingerprint density at radius 2 is 1.67 bits per heavy atom. The summed E-state index contributed by atoms with van der Waals surface area (Å²) in [6.45, 7) is 0.274. The van der Waals surface area contributed by atoms with Gasteiger partial charge in [0, 0.05) is 19.2 Å². The van der Waals surface area contributed by atoms with Gasteiger partial charge in [-0.25, -0.2) is 13.4 Å². The van der Waals surface area contributed by atoms with Crippen LogP contribution in [-0.4, -0.2) is 29.9 Å². The maximum absolute atomic E-state index is 13.0. The zero-order chi connectivity index (χ0) is 18.9. The van der Waals surface area contributed by atoms with E-state index in [0.29, 0.717) is 16.8 Å². The van der Waals surface area contributed by atoms with Crippen molar-refractivity contribution in [2.45, 2.75) is 11.4 Å². The highest BCUT2D eigenvalue weighted by Crippen LogP contribution is 2.29. The van der Waals surface area contributed by atoms with E-state index >= 15 is 0 Å². The summed E-state index contributed by atoms with van der Waals surface area (Å²) in [4.78, 5) is 4.25. The number of pyridine rings is 1. The first-order chi connectivity index (χ1) is 13.1. The average molecular weight is 379 g/mol. The Balaban J connectivity index is 1.72. The first kappa shape index (κ1) is 17.4. The molecule has 2 aromatic carbocycles. The van der Waals surface area contributed by atoms with Crippen molar-refractivity contribution in [3.63, 3.8) is 0 Å². The molecule has 4 aromatic rings. The summed E-state index contributed by atoms with van der Waals surface area (Å²) in [5.74, 6) is 0. The summed E-state index contributed by atoms with van der Waals surface area (Å²) < 4.78 is 32.5. The van der Waals surface area contributed by atoms with Crippen molar-refractivity contribution in [1.29, 1.82) is 0 Å². The van der Waals surface area contributed by atoms with Crippen LogP contribution in [0.15, 0.2) is 82.3 Å². The molecule has 0 unspecified atom stereocenters.